The number of nitrogens with zero attached hydrogens (tertiary/aromatic N) is 2. The zero-order valence-electron chi connectivity index (χ0n) is 14.0. The highest BCUT2D eigenvalue weighted by Gasteiger charge is 2.19. The first-order valence-corrected chi connectivity index (χ1v) is 8.49. The second kappa shape index (κ2) is 7.53. The van der Waals surface area contributed by atoms with E-state index in [0.717, 1.165) is 28.9 Å². The Labute approximate surface area is 142 Å². The highest BCUT2D eigenvalue weighted by atomic mass is 16.3. The number of hydrogen-bond acceptors (Lipinski definition) is 4. The van der Waals surface area contributed by atoms with Crippen LogP contribution >= 0.6 is 0 Å². The van der Waals surface area contributed by atoms with Crippen LogP contribution in [0.2, 0.25) is 0 Å². The molecule has 1 aliphatic rings. The quantitative estimate of drug-likeness (QED) is 0.884. The van der Waals surface area contributed by atoms with E-state index < -0.39 is 0 Å². The van der Waals surface area contributed by atoms with Gasteiger partial charge in [0.05, 0.1) is 24.2 Å². The maximum absolute atomic E-state index is 11.4. The third-order valence-electron chi connectivity index (χ3n) is 4.53. The lowest BCUT2D eigenvalue weighted by atomic mass is 10.0. The number of amides is 1. The molecule has 1 saturated carbocycles. The first-order valence-electron chi connectivity index (χ1n) is 8.49. The van der Waals surface area contributed by atoms with E-state index in [2.05, 4.69) is 10.3 Å². The van der Waals surface area contributed by atoms with Gasteiger partial charge in [0.2, 0.25) is 5.91 Å². The molecule has 0 atom stereocenters. The van der Waals surface area contributed by atoms with Crippen LogP contribution in [-0.2, 0) is 17.8 Å². The van der Waals surface area contributed by atoms with Gasteiger partial charge in [0, 0.05) is 12.5 Å². The Morgan fingerprint density at radius 3 is 2.58 bits per heavy atom. The van der Waals surface area contributed by atoms with Gasteiger partial charge in [0.15, 0.2) is 5.82 Å². The zero-order chi connectivity index (χ0) is 16.9. The molecule has 1 aliphatic carbocycles. The standard InChI is InChI=1S/C19H23N3O2/c1-13(24)21-19-17(10-14-4-2-3-5-14)22-18(11-20-19)16-8-6-15(12-23)7-9-16/h6-9,11,14,23H,2-5,10,12H2,1H3,(H,20,21,24). The summed E-state index contributed by atoms with van der Waals surface area (Å²) in [6, 6.07) is 7.64. The second-order valence-electron chi connectivity index (χ2n) is 6.44. The summed E-state index contributed by atoms with van der Waals surface area (Å²) in [7, 11) is 0. The normalized spacial score (nSPS) is 14.8. The fourth-order valence-corrected chi connectivity index (χ4v) is 3.25. The van der Waals surface area contributed by atoms with Gasteiger partial charge in [0.1, 0.15) is 0 Å². The van der Waals surface area contributed by atoms with E-state index in [1.807, 2.05) is 24.3 Å². The number of rotatable bonds is 5. The fourth-order valence-electron chi connectivity index (χ4n) is 3.25. The third kappa shape index (κ3) is 3.97. The lowest BCUT2D eigenvalue weighted by Gasteiger charge is -2.14. The number of carbonyl (C=O) groups excluding carboxylic acids is 1. The number of anilines is 1. The van der Waals surface area contributed by atoms with E-state index in [-0.39, 0.29) is 12.5 Å². The molecule has 1 fully saturated rings. The Balaban J connectivity index is 1.90. The van der Waals surface area contributed by atoms with Gasteiger partial charge in [-0.1, -0.05) is 49.9 Å². The van der Waals surface area contributed by atoms with Crippen molar-refractivity contribution in [3.05, 3.63) is 41.7 Å². The van der Waals surface area contributed by atoms with Crippen LogP contribution in [0.15, 0.2) is 30.5 Å². The van der Waals surface area contributed by atoms with Crippen molar-refractivity contribution < 1.29 is 9.90 Å². The van der Waals surface area contributed by atoms with Gasteiger partial charge < -0.3 is 10.4 Å². The van der Waals surface area contributed by atoms with E-state index in [1.54, 1.807) is 6.20 Å². The molecule has 24 heavy (non-hydrogen) atoms. The van der Waals surface area contributed by atoms with Crippen molar-refractivity contribution in [1.29, 1.82) is 0 Å². The summed E-state index contributed by atoms with van der Waals surface area (Å²) in [5, 5.41) is 12.0. The number of aliphatic hydroxyl groups excluding tert-OH is 1. The Bertz CT molecular complexity index is 707. The SMILES string of the molecule is CC(=O)Nc1ncc(-c2ccc(CO)cc2)nc1CC1CCCC1. The van der Waals surface area contributed by atoms with E-state index in [0.29, 0.717) is 11.7 Å². The van der Waals surface area contributed by atoms with Crippen LogP contribution in [-0.4, -0.2) is 21.0 Å². The first kappa shape index (κ1) is 16.6. The summed E-state index contributed by atoms with van der Waals surface area (Å²) in [4.78, 5) is 20.6. The van der Waals surface area contributed by atoms with Gasteiger partial charge in [-0.3, -0.25) is 4.79 Å². The predicted octanol–water partition coefficient (Wildman–Crippen LogP) is 3.33. The average molecular weight is 325 g/mol. The number of carbonyl (C=O) groups is 1. The molecule has 0 spiro atoms. The van der Waals surface area contributed by atoms with Crippen LogP contribution in [0.1, 0.15) is 43.9 Å². The fraction of sp³-hybridized carbons (Fsp3) is 0.421. The Morgan fingerprint density at radius 1 is 1.25 bits per heavy atom. The molecule has 2 N–H and O–H groups in total. The van der Waals surface area contributed by atoms with E-state index in [4.69, 9.17) is 10.1 Å². The van der Waals surface area contributed by atoms with Crippen LogP contribution in [0, 0.1) is 5.92 Å². The maximum atomic E-state index is 11.4. The molecule has 1 amide bonds. The smallest absolute Gasteiger partial charge is 0.222 e. The third-order valence-corrected chi connectivity index (χ3v) is 4.53. The van der Waals surface area contributed by atoms with Gasteiger partial charge in [-0.2, -0.15) is 0 Å². The number of hydrogen-bond donors (Lipinski definition) is 2. The average Bonchev–Trinajstić information content (AvgIpc) is 3.09. The first-order chi connectivity index (χ1) is 11.7. The minimum atomic E-state index is -0.128. The van der Waals surface area contributed by atoms with Gasteiger partial charge in [-0.25, -0.2) is 9.97 Å². The Morgan fingerprint density at radius 2 is 1.96 bits per heavy atom. The number of benzene rings is 1. The molecular weight excluding hydrogens is 302 g/mol. The summed E-state index contributed by atoms with van der Waals surface area (Å²) >= 11 is 0. The van der Waals surface area contributed by atoms with Crippen molar-refractivity contribution in [2.45, 2.75) is 45.6 Å². The van der Waals surface area contributed by atoms with Crippen LogP contribution in [0.4, 0.5) is 5.82 Å². The molecule has 1 aromatic carbocycles. The van der Waals surface area contributed by atoms with Crippen molar-refractivity contribution in [3.8, 4) is 11.3 Å². The molecule has 1 heterocycles. The highest BCUT2D eigenvalue weighted by molar-refractivity contribution is 5.88. The topological polar surface area (TPSA) is 75.1 Å². The van der Waals surface area contributed by atoms with Crippen molar-refractivity contribution in [3.63, 3.8) is 0 Å². The maximum Gasteiger partial charge on any atom is 0.222 e. The summed E-state index contributed by atoms with van der Waals surface area (Å²) in [5.41, 5.74) is 3.48. The van der Waals surface area contributed by atoms with Crippen LogP contribution in [0.5, 0.6) is 0 Å². The van der Waals surface area contributed by atoms with Crippen molar-refractivity contribution in [2.75, 3.05) is 5.32 Å². The molecule has 3 rings (SSSR count). The van der Waals surface area contributed by atoms with E-state index in [9.17, 15) is 4.79 Å². The van der Waals surface area contributed by atoms with Crippen molar-refractivity contribution in [2.24, 2.45) is 5.92 Å². The van der Waals surface area contributed by atoms with Gasteiger partial charge in [-0.15, -0.1) is 0 Å². The van der Waals surface area contributed by atoms with Crippen LogP contribution < -0.4 is 5.32 Å². The molecule has 0 aliphatic heterocycles. The number of nitrogens with one attached hydrogen (secondary N) is 1. The molecule has 2 aromatic rings. The van der Waals surface area contributed by atoms with Crippen LogP contribution in [0.25, 0.3) is 11.3 Å². The zero-order valence-corrected chi connectivity index (χ0v) is 14.0. The molecule has 5 nitrogen and oxygen atoms in total. The molecule has 0 radical (unpaired) electrons. The van der Waals surface area contributed by atoms with Gasteiger partial charge in [0.25, 0.3) is 0 Å². The molecule has 1 aromatic heterocycles. The van der Waals surface area contributed by atoms with Gasteiger partial charge in [-0.05, 0) is 17.9 Å². The molecule has 0 bridgehead atoms. The predicted molar refractivity (Wildman–Crippen MR) is 93.4 cm³/mol. The van der Waals surface area contributed by atoms with Crippen molar-refractivity contribution in [1.82, 2.24) is 9.97 Å². The lowest BCUT2D eigenvalue weighted by molar-refractivity contribution is -0.114. The van der Waals surface area contributed by atoms with E-state index in [1.165, 1.54) is 32.6 Å². The monoisotopic (exact) mass is 325 g/mol. The highest BCUT2D eigenvalue weighted by Crippen LogP contribution is 2.30. The largest absolute Gasteiger partial charge is 0.392 e. The summed E-state index contributed by atoms with van der Waals surface area (Å²) in [6.45, 7) is 1.52. The lowest BCUT2D eigenvalue weighted by Crippen LogP contribution is -2.13. The second-order valence-corrected chi connectivity index (χ2v) is 6.44. The molecule has 126 valence electrons. The minimum Gasteiger partial charge on any atom is -0.392 e. The van der Waals surface area contributed by atoms with E-state index >= 15 is 0 Å². The minimum absolute atomic E-state index is 0.0281. The molecule has 5 heteroatoms. The van der Waals surface area contributed by atoms with Gasteiger partial charge >= 0.3 is 0 Å². The summed E-state index contributed by atoms with van der Waals surface area (Å²) in [5.74, 6) is 1.07. The summed E-state index contributed by atoms with van der Waals surface area (Å²) < 4.78 is 0. The molecule has 0 saturated heterocycles. The molecular formula is C19H23N3O2. The Hall–Kier alpha value is -2.27. The van der Waals surface area contributed by atoms with Crippen molar-refractivity contribution >= 4 is 11.7 Å². The molecule has 0 unspecified atom stereocenters. The van der Waals surface area contributed by atoms with Crippen LogP contribution in [0.3, 0.4) is 0 Å². The number of aliphatic hydroxyl groups is 1. The Kier molecular flexibility index (Phi) is 5.20. The number of aromatic nitrogens is 2. The summed E-state index contributed by atoms with van der Waals surface area (Å²) in [6.07, 6.45) is 7.53.